The average Bonchev–Trinajstić information content (AvgIpc) is 2.89. The SMILES string of the molecule is CCCNc1nc(C2CC2(C)C)nc(C2CCCC2)c1Br. The van der Waals surface area contributed by atoms with E-state index in [0.717, 1.165) is 29.1 Å². The maximum absolute atomic E-state index is 4.98. The molecule has 0 aliphatic heterocycles. The molecule has 0 aromatic carbocycles. The van der Waals surface area contributed by atoms with Gasteiger partial charge in [-0.2, -0.15) is 0 Å². The summed E-state index contributed by atoms with van der Waals surface area (Å²) in [6, 6.07) is 0. The molecular formula is C17H26BrN3. The Morgan fingerprint density at radius 2 is 1.90 bits per heavy atom. The third-order valence-corrected chi connectivity index (χ3v) is 5.79. The first kappa shape index (κ1) is 15.3. The van der Waals surface area contributed by atoms with E-state index in [4.69, 9.17) is 9.97 Å². The lowest BCUT2D eigenvalue weighted by Crippen LogP contribution is -2.11. The van der Waals surface area contributed by atoms with Gasteiger partial charge in [-0.25, -0.2) is 9.97 Å². The Morgan fingerprint density at radius 3 is 2.48 bits per heavy atom. The molecule has 0 bridgehead atoms. The lowest BCUT2D eigenvalue weighted by molar-refractivity contribution is 0.600. The van der Waals surface area contributed by atoms with E-state index >= 15 is 0 Å². The van der Waals surface area contributed by atoms with Crippen molar-refractivity contribution in [3.05, 3.63) is 16.0 Å². The minimum absolute atomic E-state index is 0.378. The predicted octanol–water partition coefficient (Wildman–Crippen LogP) is 5.23. The van der Waals surface area contributed by atoms with Crippen LogP contribution in [-0.4, -0.2) is 16.5 Å². The van der Waals surface area contributed by atoms with Gasteiger partial charge in [-0.3, -0.25) is 0 Å². The summed E-state index contributed by atoms with van der Waals surface area (Å²) in [6.45, 7) is 7.78. The van der Waals surface area contributed by atoms with Crippen molar-refractivity contribution in [3.8, 4) is 0 Å². The Labute approximate surface area is 136 Å². The Hall–Kier alpha value is -0.640. The molecule has 2 aliphatic carbocycles. The second-order valence-electron chi connectivity index (χ2n) is 7.28. The smallest absolute Gasteiger partial charge is 0.144 e. The molecule has 1 atom stereocenters. The van der Waals surface area contributed by atoms with E-state index in [2.05, 4.69) is 42.0 Å². The van der Waals surface area contributed by atoms with Gasteiger partial charge in [0.1, 0.15) is 11.6 Å². The molecule has 1 aromatic heterocycles. The van der Waals surface area contributed by atoms with E-state index in [1.165, 1.54) is 37.8 Å². The van der Waals surface area contributed by atoms with Crippen molar-refractivity contribution in [2.24, 2.45) is 5.41 Å². The highest BCUT2D eigenvalue weighted by Crippen LogP contribution is 2.58. The number of halogens is 1. The zero-order valence-electron chi connectivity index (χ0n) is 13.4. The van der Waals surface area contributed by atoms with Crippen molar-refractivity contribution in [2.45, 2.75) is 71.1 Å². The fraction of sp³-hybridized carbons (Fsp3) is 0.765. The fourth-order valence-electron chi connectivity index (χ4n) is 3.38. The summed E-state index contributed by atoms with van der Waals surface area (Å²) in [5, 5.41) is 3.48. The summed E-state index contributed by atoms with van der Waals surface area (Å²) < 4.78 is 1.10. The van der Waals surface area contributed by atoms with Gasteiger partial charge in [0.05, 0.1) is 10.2 Å². The molecule has 2 saturated carbocycles. The number of nitrogens with one attached hydrogen (secondary N) is 1. The Balaban J connectivity index is 1.95. The van der Waals surface area contributed by atoms with Crippen LogP contribution in [0.4, 0.5) is 5.82 Å². The number of rotatable bonds is 5. The molecule has 4 heteroatoms. The summed E-state index contributed by atoms with van der Waals surface area (Å²) in [5.74, 6) is 3.22. The van der Waals surface area contributed by atoms with Gasteiger partial charge in [0, 0.05) is 18.4 Å². The quantitative estimate of drug-likeness (QED) is 0.788. The third kappa shape index (κ3) is 3.10. The van der Waals surface area contributed by atoms with Crippen LogP contribution in [0.5, 0.6) is 0 Å². The van der Waals surface area contributed by atoms with E-state index in [0.29, 0.717) is 17.3 Å². The van der Waals surface area contributed by atoms with Crippen molar-refractivity contribution >= 4 is 21.7 Å². The van der Waals surface area contributed by atoms with Crippen LogP contribution in [0.25, 0.3) is 0 Å². The normalized spacial score (nSPS) is 24.3. The molecule has 3 nitrogen and oxygen atoms in total. The summed E-state index contributed by atoms with van der Waals surface area (Å²) in [6.07, 6.45) is 7.55. The van der Waals surface area contributed by atoms with Gasteiger partial charge in [0.2, 0.25) is 0 Å². The van der Waals surface area contributed by atoms with Crippen LogP contribution in [-0.2, 0) is 0 Å². The maximum Gasteiger partial charge on any atom is 0.144 e. The molecule has 3 rings (SSSR count). The minimum atomic E-state index is 0.378. The van der Waals surface area contributed by atoms with Crippen LogP contribution < -0.4 is 5.32 Å². The van der Waals surface area contributed by atoms with Gasteiger partial charge in [-0.15, -0.1) is 0 Å². The van der Waals surface area contributed by atoms with Crippen molar-refractivity contribution in [3.63, 3.8) is 0 Å². The van der Waals surface area contributed by atoms with Crippen molar-refractivity contribution in [1.29, 1.82) is 0 Å². The zero-order chi connectivity index (χ0) is 15.0. The average molecular weight is 352 g/mol. The topological polar surface area (TPSA) is 37.8 Å². The first-order valence-corrected chi connectivity index (χ1v) is 9.13. The van der Waals surface area contributed by atoms with Gasteiger partial charge in [-0.05, 0) is 47.0 Å². The number of aromatic nitrogens is 2. The van der Waals surface area contributed by atoms with Gasteiger partial charge in [0.25, 0.3) is 0 Å². The lowest BCUT2D eigenvalue weighted by Gasteiger charge is -2.17. The van der Waals surface area contributed by atoms with Gasteiger partial charge < -0.3 is 5.32 Å². The van der Waals surface area contributed by atoms with E-state index < -0.39 is 0 Å². The van der Waals surface area contributed by atoms with Crippen LogP contribution in [0, 0.1) is 5.41 Å². The monoisotopic (exact) mass is 351 g/mol. The Bertz CT molecular complexity index is 521. The maximum atomic E-state index is 4.98. The molecule has 1 heterocycles. The standard InChI is InChI=1S/C17H26BrN3/c1-4-9-19-16-13(18)14(11-7-5-6-8-11)20-15(21-16)12-10-17(12,2)3/h11-12H,4-10H2,1-3H3,(H,19,20,21). The zero-order valence-corrected chi connectivity index (χ0v) is 15.0. The highest BCUT2D eigenvalue weighted by Gasteiger charge is 2.49. The fourth-order valence-corrected chi connectivity index (χ4v) is 4.02. The molecule has 1 aromatic rings. The second kappa shape index (κ2) is 5.86. The van der Waals surface area contributed by atoms with Crippen LogP contribution in [0.3, 0.4) is 0 Å². The molecule has 0 spiro atoms. The molecule has 2 fully saturated rings. The van der Waals surface area contributed by atoms with E-state index in [-0.39, 0.29) is 0 Å². The first-order valence-electron chi connectivity index (χ1n) is 8.34. The molecule has 0 radical (unpaired) electrons. The molecule has 2 aliphatic rings. The molecule has 1 unspecified atom stereocenters. The van der Waals surface area contributed by atoms with E-state index in [9.17, 15) is 0 Å². The molecule has 0 amide bonds. The van der Waals surface area contributed by atoms with Crippen molar-refractivity contribution in [1.82, 2.24) is 9.97 Å². The molecule has 21 heavy (non-hydrogen) atoms. The van der Waals surface area contributed by atoms with Crippen LogP contribution in [0.1, 0.15) is 82.7 Å². The molecular weight excluding hydrogens is 326 g/mol. The largest absolute Gasteiger partial charge is 0.369 e. The number of nitrogens with zero attached hydrogens (tertiary/aromatic N) is 2. The van der Waals surface area contributed by atoms with Crippen molar-refractivity contribution < 1.29 is 0 Å². The van der Waals surface area contributed by atoms with Gasteiger partial charge in [-0.1, -0.05) is 33.6 Å². The number of anilines is 1. The van der Waals surface area contributed by atoms with Crippen molar-refractivity contribution in [2.75, 3.05) is 11.9 Å². The van der Waals surface area contributed by atoms with Crippen LogP contribution in [0.2, 0.25) is 0 Å². The first-order chi connectivity index (χ1) is 10.0. The minimum Gasteiger partial charge on any atom is -0.369 e. The summed E-state index contributed by atoms with van der Waals surface area (Å²) in [4.78, 5) is 9.81. The summed E-state index contributed by atoms with van der Waals surface area (Å²) in [5.41, 5.74) is 1.63. The summed E-state index contributed by atoms with van der Waals surface area (Å²) >= 11 is 3.77. The Morgan fingerprint density at radius 1 is 1.24 bits per heavy atom. The highest BCUT2D eigenvalue weighted by molar-refractivity contribution is 9.10. The predicted molar refractivity (Wildman–Crippen MR) is 90.9 cm³/mol. The van der Waals surface area contributed by atoms with E-state index in [1.807, 2.05) is 0 Å². The Kier molecular flexibility index (Phi) is 4.26. The number of hydrogen-bond donors (Lipinski definition) is 1. The van der Waals surface area contributed by atoms with Gasteiger partial charge >= 0.3 is 0 Å². The number of hydrogen-bond acceptors (Lipinski definition) is 3. The second-order valence-corrected chi connectivity index (χ2v) is 8.08. The molecule has 1 N–H and O–H groups in total. The van der Waals surface area contributed by atoms with Crippen LogP contribution >= 0.6 is 15.9 Å². The summed E-state index contributed by atoms with van der Waals surface area (Å²) in [7, 11) is 0. The molecule has 0 saturated heterocycles. The highest BCUT2D eigenvalue weighted by atomic mass is 79.9. The third-order valence-electron chi connectivity index (χ3n) is 5.00. The lowest BCUT2D eigenvalue weighted by atomic mass is 10.0. The van der Waals surface area contributed by atoms with Crippen LogP contribution in [0.15, 0.2) is 4.47 Å². The van der Waals surface area contributed by atoms with E-state index in [1.54, 1.807) is 0 Å². The molecule has 116 valence electrons. The van der Waals surface area contributed by atoms with Gasteiger partial charge in [0.15, 0.2) is 0 Å².